The molecule has 0 spiro atoms. The number of alkyl halides is 3. The highest BCUT2D eigenvalue weighted by Crippen LogP contribution is 2.36. The van der Waals surface area contributed by atoms with Crippen LogP contribution in [0.2, 0.25) is 5.02 Å². The van der Waals surface area contributed by atoms with Gasteiger partial charge in [0.05, 0.1) is 29.1 Å². The van der Waals surface area contributed by atoms with Crippen LogP contribution in [-0.2, 0) is 15.8 Å². The SMILES string of the molecule is O=C1C2CC=CCC2C(=O)N1CN1CCN(c2ncc(C(F)(F)F)cc2Cl)CC1. The maximum absolute atomic E-state index is 12.8. The van der Waals surface area contributed by atoms with Gasteiger partial charge in [-0.05, 0) is 18.9 Å². The number of hydrogen-bond donors (Lipinski definition) is 0. The molecule has 29 heavy (non-hydrogen) atoms. The summed E-state index contributed by atoms with van der Waals surface area (Å²) in [5.41, 5.74) is -0.882. The normalized spacial score (nSPS) is 25.7. The number of piperazine rings is 1. The first-order chi connectivity index (χ1) is 13.8. The number of hydrogen-bond acceptors (Lipinski definition) is 5. The average molecular weight is 429 g/mol. The van der Waals surface area contributed by atoms with Crippen molar-refractivity contribution in [2.75, 3.05) is 37.7 Å². The minimum Gasteiger partial charge on any atom is -0.353 e. The topological polar surface area (TPSA) is 56.8 Å². The molecule has 0 N–H and O–H groups in total. The zero-order chi connectivity index (χ0) is 20.8. The Morgan fingerprint density at radius 2 is 1.62 bits per heavy atom. The zero-order valence-electron chi connectivity index (χ0n) is 15.5. The lowest BCUT2D eigenvalue weighted by Gasteiger charge is -2.37. The molecule has 3 aliphatic rings. The van der Waals surface area contributed by atoms with Crippen molar-refractivity contribution < 1.29 is 22.8 Å². The first kappa shape index (κ1) is 20.2. The predicted molar refractivity (Wildman–Crippen MR) is 100 cm³/mol. The fourth-order valence-electron chi connectivity index (χ4n) is 4.13. The lowest BCUT2D eigenvalue weighted by atomic mass is 9.85. The minimum absolute atomic E-state index is 0.0465. The number of imide groups is 1. The molecule has 10 heteroatoms. The van der Waals surface area contributed by atoms with Crippen LogP contribution in [0.15, 0.2) is 24.4 Å². The minimum atomic E-state index is -4.49. The van der Waals surface area contributed by atoms with E-state index in [0.29, 0.717) is 44.8 Å². The summed E-state index contributed by atoms with van der Waals surface area (Å²) in [5.74, 6) is -0.406. The van der Waals surface area contributed by atoms with Gasteiger partial charge in [0, 0.05) is 32.4 Å². The van der Waals surface area contributed by atoms with Crippen molar-refractivity contribution in [3.05, 3.63) is 35.0 Å². The average Bonchev–Trinajstić information content (AvgIpc) is 2.93. The van der Waals surface area contributed by atoms with Crippen LogP contribution in [0.4, 0.5) is 19.0 Å². The molecule has 3 heterocycles. The Hall–Kier alpha value is -2.13. The number of pyridine rings is 1. The van der Waals surface area contributed by atoms with Gasteiger partial charge in [-0.3, -0.25) is 19.4 Å². The number of halogens is 4. The third-order valence-corrected chi connectivity index (χ3v) is 6.04. The Labute approximate surface area is 170 Å². The molecule has 2 unspecified atom stereocenters. The summed E-state index contributed by atoms with van der Waals surface area (Å²) >= 11 is 6.03. The van der Waals surface area contributed by atoms with E-state index in [2.05, 4.69) is 4.98 Å². The van der Waals surface area contributed by atoms with Crippen LogP contribution in [0.1, 0.15) is 18.4 Å². The molecule has 0 bridgehead atoms. The third-order valence-electron chi connectivity index (χ3n) is 5.76. The number of nitrogens with zero attached hydrogens (tertiary/aromatic N) is 4. The molecule has 2 saturated heterocycles. The Morgan fingerprint density at radius 1 is 1.03 bits per heavy atom. The molecule has 2 atom stereocenters. The molecule has 2 amide bonds. The molecule has 0 saturated carbocycles. The number of carbonyl (C=O) groups is 2. The predicted octanol–water partition coefficient (Wildman–Crippen LogP) is 2.78. The number of anilines is 1. The van der Waals surface area contributed by atoms with Gasteiger partial charge in [0.2, 0.25) is 11.8 Å². The summed E-state index contributed by atoms with van der Waals surface area (Å²) in [5, 5.41) is -0.0465. The quantitative estimate of drug-likeness (QED) is 0.547. The van der Waals surface area contributed by atoms with Crippen molar-refractivity contribution in [3.8, 4) is 0 Å². The standard InChI is InChI=1S/C19H20ClF3N4O2/c20-15-9-12(19(21,22)23)10-24-16(15)26-7-5-25(6-8-26)11-27-17(28)13-3-1-2-4-14(13)18(27)29/h1-2,9-10,13-14H,3-8,11H2. The van der Waals surface area contributed by atoms with Crippen molar-refractivity contribution >= 4 is 29.2 Å². The van der Waals surface area contributed by atoms with E-state index >= 15 is 0 Å². The number of rotatable bonds is 3. The third kappa shape index (κ3) is 3.85. The number of aromatic nitrogens is 1. The van der Waals surface area contributed by atoms with Gasteiger partial charge in [-0.25, -0.2) is 4.98 Å². The largest absolute Gasteiger partial charge is 0.417 e. The van der Waals surface area contributed by atoms with Gasteiger partial charge in [0.25, 0.3) is 0 Å². The Kier molecular flexibility index (Phi) is 5.29. The Morgan fingerprint density at radius 3 is 2.14 bits per heavy atom. The summed E-state index contributed by atoms with van der Waals surface area (Å²) in [7, 11) is 0. The highest BCUT2D eigenvalue weighted by molar-refractivity contribution is 6.33. The molecular formula is C19H20ClF3N4O2. The van der Waals surface area contributed by atoms with E-state index in [4.69, 9.17) is 11.6 Å². The van der Waals surface area contributed by atoms with E-state index in [9.17, 15) is 22.8 Å². The van der Waals surface area contributed by atoms with E-state index in [-0.39, 0.29) is 35.3 Å². The van der Waals surface area contributed by atoms with Gasteiger partial charge in [-0.1, -0.05) is 23.8 Å². The fraction of sp³-hybridized carbons (Fsp3) is 0.526. The maximum atomic E-state index is 12.8. The van der Waals surface area contributed by atoms with Crippen molar-refractivity contribution in [3.63, 3.8) is 0 Å². The van der Waals surface area contributed by atoms with Crippen molar-refractivity contribution in [2.45, 2.75) is 19.0 Å². The number of carbonyl (C=O) groups excluding carboxylic acids is 2. The summed E-state index contributed by atoms with van der Waals surface area (Å²) in [4.78, 5) is 34.2. The van der Waals surface area contributed by atoms with Gasteiger partial charge in [0.1, 0.15) is 5.82 Å². The van der Waals surface area contributed by atoms with Crippen LogP contribution in [0.3, 0.4) is 0 Å². The van der Waals surface area contributed by atoms with E-state index in [0.717, 1.165) is 12.3 Å². The van der Waals surface area contributed by atoms with Gasteiger partial charge >= 0.3 is 6.18 Å². The van der Waals surface area contributed by atoms with Crippen LogP contribution in [0, 0.1) is 11.8 Å². The van der Waals surface area contributed by atoms with E-state index < -0.39 is 11.7 Å². The van der Waals surface area contributed by atoms with Gasteiger partial charge < -0.3 is 4.90 Å². The number of allylic oxidation sites excluding steroid dienone is 2. The molecule has 0 aromatic carbocycles. The smallest absolute Gasteiger partial charge is 0.353 e. The Balaban J connectivity index is 1.37. The van der Waals surface area contributed by atoms with Crippen LogP contribution < -0.4 is 4.90 Å². The van der Waals surface area contributed by atoms with Crippen molar-refractivity contribution in [2.24, 2.45) is 11.8 Å². The van der Waals surface area contributed by atoms with Gasteiger partial charge in [-0.2, -0.15) is 13.2 Å². The molecule has 2 aliphatic heterocycles. The monoisotopic (exact) mass is 428 g/mol. The molecule has 6 nitrogen and oxygen atoms in total. The second-order valence-corrected chi connectivity index (χ2v) is 7.94. The Bertz CT molecular complexity index is 826. The molecule has 1 aliphatic carbocycles. The lowest BCUT2D eigenvalue weighted by molar-refractivity contribution is -0.142. The molecule has 0 radical (unpaired) electrons. The van der Waals surface area contributed by atoms with E-state index in [1.165, 1.54) is 4.90 Å². The van der Waals surface area contributed by atoms with Gasteiger partial charge in [-0.15, -0.1) is 0 Å². The molecule has 156 valence electrons. The number of amides is 2. The summed E-state index contributed by atoms with van der Waals surface area (Å²) in [6.07, 6.45) is 1.42. The molecule has 1 aromatic rings. The van der Waals surface area contributed by atoms with Crippen LogP contribution in [-0.4, -0.2) is 59.4 Å². The number of likely N-dealkylation sites (tertiary alicyclic amines) is 1. The zero-order valence-corrected chi connectivity index (χ0v) is 16.3. The van der Waals surface area contributed by atoms with Crippen LogP contribution >= 0.6 is 11.6 Å². The second-order valence-electron chi connectivity index (χ2n) is 7.53. The maximum Gasteiger partial charge on any atom is 0.417 e. The lowest BCUT2D eigenvalue weighted by Crippen LogP contribution is -2.51. The van der Waals surface area contributed by atoms with Crippen molar-refractivity contribution in [1.29, 1.82) is 0 Å². The molecule has 4 rings (SSSR count). The van der Waals surface area contributed by atoms with Gasteiger partial charge in [0.15, 0.2) is 0 Å². The van der Waals surface area contributed by atoms with E-state index in [1.807, 2.05) is 22.0 Å². The first-order valence-corrected chi connectivity index (χ1v) is 9.84. The molecule has 1 aromatic heterocycles. The van der Waals surface area contributed by atoms with Crippen LogP contribution in [0.25, 0.3) is 0 Å². The number of fused-ring (bicyclic) bond motifs is 1. The van der Waals surface area contributed by atoms with Crippen LogP contribution in [0.5, 0.6) is 0 Å². The fourth-order valence-corrected chi connectivity index (χ4v) is 4.41. The second kappa shape index (κ2) is 7.60. The first-order valence-electron chi connectivity index (χ1n) is 9.46. The highest BCUT2D eigenvalue weighted by Gasteiger charge is 2.47. The molecule has 2 fully saturated rings. The molecular weight excluding hydrogens is 409 g/mol. The highest BCUT2D eigenvalue weighted by atomic mass is 35.5. The summed E-state index contributed by atoms with van der Waals surface area (Å²) < 4.78 is 38.3. The van der Waals surface area contributed by atoms with Crippen molar-refractivity contribution in [1.82, 2.24) is 14.8 Å². The summed E-state index contributed by atoms with van der Waals surface area (Å²) in [6.45, 7) is 2.31. The van der Waals surface area contributed by atoms with E-state index in [1.54, 1.807) is 0 Å². The summed E-state index contributed by atoms with van der Waals surface area (Å²) in [6, 6.07) is 0.883.